The van der Waals surface area contributed by atoms with E-state index in [-0.39, 0.29) is 5.82 Å². The molecule has 0 amide bonds. The van der Waals surface area contributed by atoms with Gasteiger partial charge in [-0.2, -0.15) is 0 Å². The van der Waals surface area contributed by atoms with Crippen LogP contribution in [0.15, 0.2) is 36.5 Å². The van der Waals surface area contributed by atoms with Gasteiger partial charge in [0.2, 0.25) is 5.88 Å². The van der Waals surface area contributed by atoms with Crippen molar-refractivity contribution in [2.75, 3.05) is 12.8 Å². The first kappa shape index (κ1) is 10.4. The molecule has 0 saturated carbocycles. The van der Waals surface area contributed by atoms with E-state index in [1.807, 2.05) is 0 Å². The second-order valence-electron chi connectivity index (χ2n) is 3.33. The van der Waals surface area contributed by atoms with Crippen molar-refractivity contribution >= 4 is 5.69 Å². The van der Waals surface area contributed by atoms with Crippen LogP contribution < -0.4 is 10.5 Å². The third-order valence-corrected chi connectivity index (χ3v) is 2.25. The Morgan fingerprint density at radius 2 is 2.06 bits per heavy atom. The lowest BCUT2D eigenvalue weighted by atomic mass is 10.1. The standard InChI is InChI=1S/C12H11FN2O/c1-16-12-5-2-8(7-15-12)10-4-3-9(14)6-11(10)13/h2-7H,14H2,1H3. The SMILES string of the molecule is COc1ccc(-c2ccc(N)cc2F)cn1. The molecule has 0 fully saturated rings. The minimum atomic E-state index is -0.355. The zero-order valence-electron chi connectivity index (χ0n) is 8.77. The van der Waals surface area contributed by atoms with Crippen LogP contribution in [0.1, 0.15) is 0 Å². The van der Waals surface area contributed by atoms with Gasteiger partial charge in [0.25, 0.3) is 0 Å². The van der Waals surface area contributed by atoms with Crippen LogP contribution in [-0.4, -0.2) is 12.1 Å². The molecule has 0 aliphatic rings. The number of rotatable bonds is 2. The molecule has 0 radical (unpaired) electrons. The highest BCUT2D eigenvalue weighted by atomic mass is 19.1. The van der Waals surface area contributed by atoms with Crippen molar-refractivity contribution in [2.45, 2.75) is 0 Å². The van der Waals surface area contributed by atoms with Gasteiger partial charge in [-0.15, -0.1) is 0 Å². The summed E-state index contributed by atoms with van der Waals surface area (Å²) in [4.78, 5) is 4.02. The van der Waals surface area contributed by atoms with E-state index in [0.29, 0.717) is 22.7 Å². The summed E-state index contributed by atoms with van der Waals surface area (Å²) < 4.78 is 18.5. The van der Waals surface area contributed by atoms with E-state index >= 15 is 0 Å². The number of pyridine rings is 1. The van der Waals surface area contributed by atoms with E-state index in [1.165, 1.54) is 13.2 Å². The fraction of sp³-hybridized carbons (Fsp3) is 0.0833. The summed E-state index contributed by atoms with van der Waals surface area (Å²) in [6, 6.07) is 8.02. The molecule has 0 unspecified atom stereocenters. The monoisotopic (exact) mass is 218 g/mol. The van der Waals surface area contributed by atoms with Gasteiger partial charge in [0.15, 0.2) is 0 Å². The van der Waals surface area contributed by atoms with Crippen LogP contribution in [0.5, 0.6) is 5.88 Å². The third-order valence-electron chi connectivity index (χ3n) is 2.25. The maximum atomic E-state index is 13.6. The molecule has 0 atom stereocenters. The van der Waals surface area contributed by atoms with Gasteiger partial charge in [-0.1, -0.05) is 0 Å². The molecule has 1 heterocycles. The van der Waals surface area contributed by atoms with Crippen LogP contribution in [0, 0.1) is 5.82 Å². The van der Waals surface area contributed by atoms with Gasteiger partial charge in [-0.3, -0.25) is 0 Å². The number of ether oxygens (including phenoxy) is 1. The average molecular weight is 218 g/mol. The molecular weight excluding hydrogens is 207 g/mol. The molecule has 1 aromatic carbocycles. The van der Waals surface area contributed by atoms with Crippen molar-refractivity contribution in [3.8, 4) is 17.0 Å². The number of methoxy groups -OCH3 is 1. The smallest absolute Gasteiger partial charge is 0.212 e. The molecule has 3 nitrogen and oxygen atoms in total. The Morgan fingerprint density at radius 3 is 2.62 bits per heavy atom. The number of anilines is 1. The summed E-state index contributed by atoms with van der Waals surface area (Å²) in [6.45, 7) is 0. The fourth-order valence-corrected chi connectivity index (χ4v) is 1.43. The topological polar surface area (TPSA) is 48.1 Å². The number of hydrogen-bond acceptors (Lipinski definition) is 3. The van der Waals surface area contributed by atoms with Crippen molar-refractivity contribution in [3.63, 3.8) is 0 Å². The number of benzene rings is 1. The molecule has 2 aromatic rings. The quantitative estimate of drug-likeness (QED) is 0.788. The highest BCUT2D eigenvalue weighted by Crippen LogP contribution is 2.24. The maximum Gasteiger partial charge on any atom is 0.212 e. The second kappa shape index (κ2) is 4.18. The van der Waals surface area contributed by atoms with Crippen LogP contribution in [0.4, 0.5) is 10.1 Å². The Labute approximate surface area is 92.7 Å². The lowest BCUT2D eigenvalue weighted by molar-refractivity contribution is 0.398. The number of halogens is 1. The number of nitrogens with zero attached hydrogens (tertiary/aromatic N) is 1. The number of aromatic nitrogens is 1. The van der Waals surface area contributed by atoms with Gasteiger partial charge in [-0.05, 0) is 24.3 Å². The summed E-state index contributed by atoms with van der Waals surface area (Å²) >= 11 is 0. The summed E-state index contributed by atoms with van der Waals surface area (Å²) in [6.07, 6.45) is 1.56. The molecular formula is C12H11FN2O. The Morgan fingerprint density at radius 1 is 1.25 bits per heavy atom. The van der Waals surface area contributed by atoms with E-state index in [0.717, 1.165) is 0 Å². The molecule has 16 heavy (non-hydrogen) atoms. The van der Waals surface area contributed by atoms with Gasteiger partial charge in [-0.25, -0.2) is 9.37 Å². The zero-order valence-corrected chi connectivity index (χ0v) is 8.77. The highest BCUT2D eigenvalue weighted by molar-refractivity contribution is 5.65. The van der Waals surface area contributed by atoms with Gasteiger partial charge < -0.3 is 10.5 Å². The molecule has 0 saturated heterocycles. The molecule has 4 heteroatoms. The summed E-state index contributed by atoms with van der Waals surface area (Å²) in [5.41, 5.74) is 7.05. The van der Waals surface area contributed by atoms with Crippen molar-refractivity contribution in [1.82, 2.24) is 4.98 Å². The Balaban J connectivity index is 2.42. The fourth-order valence-electron chi connectivity index (χ4n) is 1.43. The maximum absolute atomic E-state index is 13.6. The molecule has 1 aromatic heterocycles. The molecule has 2 rings (SSSR count). The molecule has 0 bridgehead atoms. The van der Waals surface area contributed by atoms with Crippen molar-refractivity contribution in [1.29, 1.82) is 0 Å². The van der Waals surface area contributed by atoms with E-state index in [1.54, 1.807) is 30.5 Å². The van der Waals surface area contributed by atoms with Crippen molar-refractivity contribution < 1.29 is 9.13 Å². The normalized spacial score (nSPS) is 10.1. The third kappa shape index (κ3) is 1.95. The second-order valence-corrected chi connectivity index (χ2v) is 3.33. The minimum absolute atomic E-state index is 0.355. The summed E-state index contributed by atoms with van der Waals surface area (Å²) in [7, 11) is 1.53. The van der Waals surface area contributed by atoms with E-state index in [9.17, 15) is 4.39 Å². The van der Waals surface area contributed by atoms with Gasteiger partial charge in [0, 0.05) is 29.1 Å². The lowest BCUT2D eigenvalue weighted by Gasteiger charge is -2.04. The summed E-state index contributed by atoms with van der Waals surface area (Å²) in [5, 5.41) is 0. The van der Waals surface area contributed by atoms with E-state index in [4.69, 9.17) is 10.5 Å². The first-order chi connectivity index (χ1) is 7.70. The summed E-state index contributed by atoms with van der Waals surface area (Å²) in [5.74, 6) is 0.145. The zero-order chi connectivity index (χ0) is 11.5. The van der Waals surface area contributed by atoms with E-state index < -0.39 is 0 Å². The van der Waals surface area contributed by atoms with Crippen LogP contribution in [0.2, 0.25) is 0 Å². The van der Waals surface area contributed by atoms with Crippen LogP contribution in [0.3, 0.4) is 0 Å². The van der Waals surface area contributed by atoms with Crippen molar-refractivity contribution in [2.24, 2.45) is 0 Å². The highest BCUT2D eigenvalue weighted by Gasteiger charge is 2.05. The van der Waals surface area contributed by atoms with Gasteiger partial charge >= 0.3 is 0 Å². The molecule has 2 N–H and O–H groups in total. The van der Waals surface area contributed by atoms with E-state index in [2.05, 4.69) is 4.98 Å². The molecule has 82 valence electrons. The lowest BCUT2D eigenvalue weighted by Crippen LogP contribution is -1.91. The minimum Gasteiger partial charge on any atom is -0.481 e. The number of nitrogens with two attached hydrogens (primary N) is 1. The van der Waals surface area contributed by atoms with Gasteiger partial charge in [0.05, 0.1) is 7.11 Å². The average Bonchev–Trinajstić information content (AvgIpc) is 2.29. The number of hydrogen-bond donors (Lipinski definition) is 1. The van der Waals surface area contributed by atoms with Crippen LogP contribution >= 0.6 is 0 Å². The van der Waals surface area contributed by atoms with Crippen LogP contribution in [0.25, 0.3) is 11.1 Å². The molecule has 0 aliphatic carbocycles. The first-order valence-corrected chi connectivity index (χ1v) is 4.76. The van der Waals surface area contributed by atoms with Crippen LogP contribution in [-0.2, 0) is 0 Å². The first-order valence-electron chi connectivity index (χ1n) is 4.76. The predicted octanol–water partition coefficient (Wildman–Crippen LogP) is 2.48. The molecule has 0 aliphatic heterocycles. The largest absolute Gasteiger partial charge is 0.481 e. The Kier molecular flexibility index (Phi) is 2.72. The Hall–Kier alpha value is -2.10. The Bertz CT molecular complexity index is 497. The van der Waals surface area contributed by atoms with Crippen molar-refractivity contribution in [3.05, 3.63) is 42.3 Å². The predicted molar refractivity (Wildman–Crippen MR) is 60.6 cm³/mol. The molecule has 0 spiro atoms. The van der Waals surface area contributed by atoms with Gasteiger partial charge in [0.1, 0.15) is 5.82 Å². The number of nitrogen functional groups attached to an aromatic ring is 1.